The molecule has 1 aromatic heterocycles. The molecule has 2 heterocycles. The Balaban J connectivity index is 2.42. The Kier molecular flexibility index (Phi) is 3.83. The zero-order valence-electron chi connectivity index (χ0n) is 8.99. The summed E-state index contributed by atoms with van der Waals surface area (Å²) in [4.78, 5) is 24.7. The molecule has 2 rings (SSSR count). The first kappa shape index (κ1) is 13.6. The topological polar surface area (TPSA) is 116 Å². The molecule has 0 spiro atoms. The fraction of sp³-hybridized carbons (Fsp3) is 0.556. The molecule has 1 aromatic rings. The van der Waals surface area contributed by atoms with Crippen molar-refractivity contribution < 1.29 is 15.3 Å². The number of halogens is 1. The van der Waals surface area contributed by atoms with Gasteiger partial charge in [0.15, 0.2) is 0 Å². The third-order valence-corrected chi connectivity index (χ3v) is 4.55. The Morgan fingerprint density at radius 3 is 2.61 bits per heavy atom. The van der Waals surface area contributed by atoms with Gasteiger partial charge in [-0.15, -0.1) is 11.8 Å². The first-order valence-corrected chi connectivity index (χ1v) is 6.41. The van der Waals surface area contributed by atoms with E-state index in [1.54, 1.807) is 0 Å². The van der Waals surface area contributed by atoms with Crippen molar-refractivity contribution in [3.63, 3.8) is 0 Å². The number of aromatic nitrogens is 2. The van der Waals surface area contributed by atoms with Crippen molar-refractivity contribution in [2.45, 2.75) is 22.8 Å². The lowest BCUT2D eigenvalue weighted by atomic mass is 10.1. The first-order chi connectivity index (χ1) is 8.45. The van der Waals surface area contributed by atoms with Gasteiger partial charge in [0.1, 0.15) is 16.5 Å². The summed E-state index contributed by atoms with van der Waals surface area (Å²) in [6, 6.07) is 0. The van der Waals surface area contributed by atoms with Crippen molar-refractivity contribution in [2.24, 2.45) is 0 Å². The van der Waals surface area contributed by atoms with Crippen molar-refractivity contribution in [1.82, 2.24) is 9.55 Å². The molecule has 0 unspecified atom stereocenters. The van der Waals surface area contributed by atoms with Crippen LogP contribution in [0.3, 0.4) is 0 Å². The fourth-order valence-electron chi connectivity index (χ4n) is 1.76. The van der Waals surface area contributed by atoms with E-state index < -0.39 is 34.1 Å². The number of H-pyrrole nitrogens is 1. The average molecular weight is 295 g/mol. The van der Waals surface area contributed by atoms with E-state index >= 15 is 0 Å². The SMILES string of the molecule is O=c1[nH]c(=O)n([C@@H]2S[C@H](CO)[C@@H](O)[C@H]2O)cc1Cl. The van der Waals surface area contributed by atoms with Crippen molar-refractivity contribution in [3.8, 4) is 0 Å². The minimum Gasteiger partial charge on any atom is -0.395 e. The van der Waals surface area contributed by atoms with E-state index in [0.29, 0.717) is 0 Å². The molecule has 1 aliphatic rings. The normalized spacial score (nSPS) is 31.8. The van der Waals surface area contributed by atoms with Crippen LogP contribution in [-0.4, -0.2) is 48.9 Å². The molecule has 18 heavy (non-hydrogen) atoms. The minimum absolute atomic E-state index is 0.190. The zero-order chi connectivity index (χ0) is 13.4. The lowest BCUT2D eigenvalue weighted by molar-refractivity contribution is 0.0101. The maximum absolute atomic E-state index is 11.6. The summed E-state index contributed by atoms with van der Waals surface area (Å²) in [6.07, 6.45) is -1.27. The number of nitrogens with one attached hydrogen (secondary N) is 1. The molecule has 0 aliphatic carbocycles. The van der Waals surface area contributed by atoms with Crippen LogP contribution in [0.2, 0.25) is 5.02 Å². The number of nitrogens with zero attached hydrogens (tertiary/aromatic N) is 1. The number of aliphatic hydroxyl groups is 3. The summed E-state index contributed by atoms with van der Waals surface area (Å²) in [5.74, 6) is 0. The Hall–Kier alpha value is -0.800. The fourth-order valence-corrected chi connectivity index (χ4v) is 3.29. The molecule has 0 radical (unpaired) electrons. The van der Waals surface area contributed by atoms with E-state index in [4.69, 9.17) is 16.7 Å². The molecule has 4 N–H and O–H groups in total. The van der Waals surface area contributed by atoms with Gasteiger partial charge in [0.2, 0.25) is 0 Å². The maximum atomic E-state index is 11.6. The van der Waals surface area contributed by atoms with E-state index in [1.165, 1.54) is 0 Å². The predicted molar refractivity (Wildman–Crippen MR) is 65.8 cm³/mol. The van der Waals surface area contributed by atoms with Crippen molar-refractivity contribution in [1.29, 1.82) is 0 Å². The second-order valence-corrected chi connectivity index (χ2v) is 5.64. The number of hydrogen-bond donors (Lipinski definition) is 4. The Morgan fingerprint density at radius 2 is 2.06 bits per heavy atom. The third kappa shape index (κ3) is 2.21. The van der Waals surface area contributed by atoms with Crippen molar-refractivity contribution in [2.75, 3.05) is 6.61 Å². The van der Waals surface area contributed by atoms with Gasteiger partial charge in [0, 0.05) is 6.20 Å². The molecule has 1 fully saturated rings. The largest absolute Gasteiger partial charge is 0.395 e. The van der Waals surface area contributed by atoms with Crippen LogP contribution >= 0.6 is 23.4 Å². The van der Waals surface area contributed by atoms with Crippen molar-refractivity contribution in [3.05, 3.63) is 32.1 Å². The van der Waals surface area contributed by atoms with Gasteiger partial charge in [-0.1, -0.05) is 11.6 Å². The summed E-state index contributed by atoms with van der Waals surface area (Å²) in [7, 11) is 0. The number of aromatic amines is 1. The molecule has 4 atom stereocenters. The van der Waals surface area contributed by atoms with E-state index in [-0.39, 0.29) is 11.6 Å². The molecule has 0 aromatic carbocycles. The third-order valence-electron chi connectivity index (χ3n) is 2.72. The highest BCUT2D eigenvalue weighted by Crippen LogP contribution is 2.40. The molecule has 1 saturated heterocycles. The molecule has 1 aliphatic heterocycles. The molecule has 0 amide bonds. The lowest BCUT2D eigenvalue weighted by Gasteiger charge is -2.17. The van der Waals surface area contributed by atoms with Crippen LogP contribution < -0.4 is 11.2 Å². The molecule has 0 bridgehead atoms. The van der Waals surface area contributed by atoms with Crippen LogP contribution in [0.4, 0.5) is 0 Å². The van der Waals surface area contributed by atoms with Gasteiger partial charge < -0.3 is 15.3 Å². The average Bonchev–Trinajstić information content (AvgIpc) is 2.61. The molecular weight excluding hydrogens is 284 g/mol. The maximum Gasteiger partial charge on any atom is 0.329 e. The minimum atomic E-state index is -1.23. The van der Waals surface area contributed by atoms with Crippen LogP contribution in [0.25, 0.3) is 0 Å². The Labute approximate surface area is 110 Å². The molecule has 9 heteroatoms. The number of thioether (sulfide) groups is 1. The van der Waals surface area contributed by atoms with Crippen LogP contribution in [-0.2, 0) is 0 Å². The van der Waals surface area contributed by atoms with Crippen LogP contribution in [0, 0.1) is 0 Å². The summed E-state index contributed by atoms with van der Waals surface area (Å²) < 4.78 is 1.04. The summed E-state index contributed by atoms with van der Waals surface area (Å²) in [6.45, 7) is -0.328. The van der Waals surface area contributed by atoms with Gasteiger partial charge in [0.25, 0.3) is 5.56 Å². The summed E-state index contributed by atoms with van der Waals surface area (Å²) in [5, 5.41) is 26.9. The number of aliphatic hydroxyl groups excluding tert-OH is 3. The number of rotatable bonds is 2. The lowest BCUT2D eigenvalue weighted by Crippen LogP contribution is -2.37. The van der Waals surface area contributed by atoms with E-state index in [9.17, 15) is 19.8 Å². The van der Waals surface area contributed by atoms with Crippen LogP contribution in [0.1, 0.15) is 5.37 Å². The standard InChI is InChI=1S/C9H11ClN2O5S/c10-3-1-12(9(17)11-7(3)16)8-6(15)5(14)4(2-13)18-8/h1,4-6,8,13-15H,2H2,(H,11,16,17)/t4-,5-,6-,8-/m1/s1. The Morgan fingerprint density at radius 1 is 1.39 bits per heavy atom. The van der Waals surface area contributed by atoms with Gasteiger partial charge in [-0.2, -0.15) is 0 Å². The highest BCUT2D eigenvalue weighted by Gasteiger charge is 2.43. The second kappa shape index (κ2) is 5.06. The number of hydrogen-bond acceptors (Lipinski definition) is 6. The smallest absolute Gasteiger partial charge is 0.329 e. The molecular formula is C9H11ClN2O5S. The summed E-state index contributed by atoms with van der Waals surface area (Å²) in [5.41, 5.74) is -1.44. The molecule has 100 valence electrons. The predicted octanol–water partition coefficient (Wildman–Crippen LogP) is -1.48. The van der Waals surface area contributed by atoms with Gasteiger partial charge in [-0.3, -0.25) is 14.3 Å². The van der Waals surface area contributed by atoms with E-state index in [0.717, 1.165) is 22.5 Å². The quantitative estimate of drug-likeness (QED) is 0.529. The van der Waals surface area contributed by atoms with Gasteiger partial charge >= 0.3 is 5.69 Å². The summed E-state index contributed by atoms with van der Waals surface area (Å²) >= 11 is 6.65. The molecule has 0 saturated carbocycles. The monoisotopic (exact) mass is 294 g/mol. The zero-order valence-corrected chi connectivity index (χ0v) is 10.6. The van der Waals surface area contributed by atoms with E-state index in [2.05, 4.69) is 0 Å². The van der Waals surface area contributed by atoms with Gasteiger partial charge in [0.05, 0.1) is 18.0 Å². The first-order valence-electron chi connectivity index (χ1n) is 5.09. The van der Waals surface area contributed by atoms with E-state index in [1.807, 2.05) is 4.98 Å². The Bertz CT molecular complexity index is 559. The molecule has 7 nitrogen and oxygen atoms in total. The van der Waals surface area contributed by atoms with Crippen LogP contribution in [0.5, 0.6) is 0 Å². The van der Waals surface area contributed by atoms with Crippen molar-refractivity contribution >= 4 is 23.4 Å². The van der Waals surface area contributed by atoms with Crippen LogP contribution in [0.15, 0.2) is 15.8 Å². The highest BCUT2D eigenvalue weighted by atomic mass is 35.5. The van der Waals surface area contributed by atoms with Gasteiger partial charge in [-0.25, -0.2) is 4.79 Å². The second-order valence-electron chi connectivity index (χ2n) is 3.87. The van der Waals surface area contributed by atoms with Gasteiger partial charge in [-0.05, 0) is 0 Å². The highest BCUT2D eigenvalue weighted by molar-refractivity contribution is 8.00.